The Hall–Kier alpha value is -2.67. The Balaban J connectivity index is 1.73. The van der Waals surface area contributed by atoms with Crippen molar-refractivity contribution in [3.63, 3.8) is 0 Å². The van der Waals surface area contributed by atoms with Crippen molar-refractivity contribution in [1.29, 1.82) is 0 Å². The first kappa shape index (κ1) is 16.2. The summed E-state index contributed by atoms with van der Waals surface area (Å²) >= 11 is 1.76. The number of anilines is 1. The molecule has 122 valence electrons. The molecule has 2 aromatic carbocycles. The molecular weight excluding hydrogens is 322 g/mol. The lowest BCUT2D eigenvalue weighted by atomic mass is 10.1. The van der Waals surface area contributed by atoms with Crippen LogP contribution >= 0.6 is 11.8 Å². The van der Waals surface area contributed by atoms with Crippen LogP contribution in [-0.4, -0.2) is 32.4 Å². The molecule has 0 saturated carbocycles. The van der Waals surface area contributed by atoms with Crippen LogP contribution in [0.5, 0.6) is 0 Å². The van der Waals surface area contributed by atoms with Gasteiger partial charge in [0.15, 0.2) is 0 Å². The second-order valence-corrected chi connectivity index (χ2v) is 6.21. The minimum atomic E-state index is -0.125. The molecule has 0 bridgehead atoms. The van der Waals surface area contributed by atoms with Crippen LogP contribution in [0.15, 0.2) is 48.8 Å². The van der Waals surface area contributed by atoms with Gasteiger partial charge in [0, 0.05) is 17.0 Å². The fourth-order valence-corrected chi connectivity index (χ4v) is 2.91. The molecule has 0 fully saturated rings. The SMILES string of the molecule is CSCc1ccc(C(=O)Nc2ccc(-n3cnnn3)c(C)c2)cc1. The minimum Gasteiger partial charge on any atom is -0.322 e. The molecule has 3 aromatic rings. The van der Waals surface area contributed by atoms with E-state index in [9.17, 15) is 4.79 Å². The molecule has 1 amide bonds. The summed E-state index contributed by atoms with van der Waals surface area (Å²) in [5.41, 5.74) is 4.43. The topological polar surface area (TPSA) is 72.7 Å². The van der Waals surface area contributed by atoms with Gasteiger partial charge in [-0.1, -0.05) is 12.1 Å². The zero-order chi connectivity index (χ0) is 16.9. The summed E-state index contributed by atoms with van der Waals surface area (Å²) in [6, 6.07) is 13.3. The van der Waals surface area contributed by atoms with Gasteiger partial charge in [-0.15, -0.1) is 5.10 Å². The van der Waals surface area contributed by atoms with Crippen molar-refractivity contribution in [2.45, 2.75) is 12.7 Å². The molecule has 0 atom stereocenters. The Morgan fingerprint density at radius 2 is 2.00 bits per heavy atom. The number of rotatable bonds is 5. The van der Waals surface area contributed by atoms with Crippen molar-refractivity contribution >= 4 is 23.4 Å². The molecule has 0 aliphatic rings. The van der Waals surface area contributed by atoms with Gasteiger partial charge < -0.3 is 5.32 Å². The number of hydrogen-bond acceptors (Lipinski definition) is 5. The van der Waals surface area contributed by atoms with Crippen molar-refractivity contribution < 1.29 is 4.79 Å². The number of amides is 1. The van der Waals surface area contributed by atoms with Gasteiger partial charge in [-0.25, -0.2) is 4.68 Å². The molecule has 3 rings (SSSR count). The normalized spacial score (nSPS) is 10.6. The molecule has 0 aliphatic carbocycles. The average Bonchev–Trinajstić information content (AvgIpc) is 3.10. The summed E-state index contributed by atoms with van der Waals surface area (Å²) in [5, 5.41) is 14.1. The lowest BCUT2D eigenvalue weighted by Gasteiger charge is -2.09. The number of carbonyl (C=O) groups excluding carboxylic acids is 1. The quantitative estimate of drug-likeness (QED) is 0.773. The summed E-state index contributed by atoms with van der Waals surface area (Å²) in [6.07, 6.45) is 3.60. The van der Waals surface area contributed by atoms with Crippen molar-refractivity contribution in [2.24, 2.45) is 0 Å². The summed E-state index contributed by atoms with van der Waals surface area (Å²) in [6.45, 7) is 1.95. The van der Waals surface area contributed by atoms with Crippen LogP contribution in [0.25, 0.3) is 5.69 Å². The number of nitrogens with one attached hydrogen (secondary N) is 1. The third-order valence-electron chi connectivity index (χ3n) is 3.58. The maximum Gasteiger partial charge on any atom is 0.255 e. The molecule has 0 radical (unpaired) electrons. The monoisotopic (exact) mass is 339 g/mol. The van der Waals surface area contributed by atoms with E-state index in [1.807, 2.05) is 49.4 Å². The highest BCUT2D eigenvalue weighted by Gasteiger charge is 2.08. The van der Waals surface area contributed by atoms with Gasteiger partial charge in [0.1, 0.15) is 6.33 Å². The smallest absolute Gasteiger partial charge is 0.255 e. The molecule has 24 heavy (non-hydrogen) atoms. The first-order chi connectivity index (χ1) is 11.7. The summed E-state index contributed by atoms with van der Waals surface area (Å²) < 4.78 is 1.59. The van der Waals surface area contributed by atoms with E-state index in [0.717, 1.165) is 22.7 Å². The number of benzene rings is 2. The van der Waals surface area contributed by atoms with Crippen molar-refractivity contribution in [2.75, 3.05) is 11.6 Å². The van der Waals surface area contributed by atoms with E-state index in [1.165, 1.54) is 11.9 Å². The van der Waals surface area contributed by atoms with Crippen molar-refractivity contribution in [3.05, 3.63) is 65.5 Å². The molecule has 1 aromatic heterocycles. The molecule has 0 spiro atoms. The van der Waals surface area contributed by atoms with Crippen LogP contribution in [0.3, 0.4) is 0 Å². The standard InChI is InChI=1S/C17H17N5OS/c1-12-9-15(7-8-16(12)22-11-18-20-21-22)19-17(23)14-5-3-13(4-6-14)10-24-2/h3-9,11H,10H2,1-2H3,(H,19,23). The first-order valence-electron chi connectivity index (χ1n) is 7.40. The van der Waals surface area contributed by atoms with Gasteiger partial charge in [0.25, 0.3) is 5.91 Å². The highest BCUT2D eigenvalue weighted by atomic mass is 32.2. The van der Waals surface area contributed by atoms with Gasteiger partial charge in [0.2, 0.25) is 0 Å². The van der Waals surface area contributed by atoms with E-state index < -0.39 is 0 Å². The summed E-state index contributed by atoms with van der Waals surface area (Å²) in [4.78, 5) is 12.4. The van der Waals surface area contributed by atoms with Crippen molar-refractivity contribution in [1.82, 2.24) is 20.2 Å². The summed E-state index contributed by atoms with van der Waals surface area (Å²) in [7, 11) is 0. The second kappa shape index (κ2) is 7.27. The van der Waals surface area contributed by atoms with Crippen molar-refractivity contribution in [3.8, 4) is 5.69 Å². The van der Waals surface area contributed by atoms with E-state index in [4.69, 9.17) is 0 Å². The van der Waals surface area contributed by atoms with E-state index >= 15 is 0 Å². The minimum absolute atomic E-state index is 0.125. The Morgan fingerprint density at radius 3 is 2.62 bits per heavy atom. The van der Waals surface area contributed by atoms with Gasteiger partial charge in [-0.2, -0.15) is 11.8 Å². The highest BCUT2D eigenvalue weighted by Crippen LogP contribution is 2.19. The number of nitrogens with zero attached hydrogens (tertiary/aromatic N) is 4. The van der Waals surface area contributed by atoms with Crippen LogP contribution in [0.2, 0.25) is 0 Å². The number of tetrazole rings is 1. The molecule has 0 saturated heterocycles. The highest BCUT2D eigenvalue weighted by molar-refractivity contribution is 7.97. The number of aryl methyl sites for hydroxylation is 1. The Kier molecular flexibility index (Phi) is 4.90. The third kappa shape index (κ3) is 3.62. The lowest BCUT2D eigenvalue weighted by Crippen LogP contribution is -2.12. The molecule has 0 unspecified atom stereocenters. The van der Waals surface area contributed by atoms with Gasteiger partial charge >= 0.3 is 0 Å². The second-order valence-electron chi connectivity index (χ2n) is 5.34. The maximum absolute atomic E-state index is 12.4. The predicted molar refractivity (Wildman–Crippen MR) is 95.5 cm³/mol. The van der Waals surface area contributed by atoms with E-state index in [-0.39, 0.29) is 5.91 Å². The van der Waals surface area contributed by atoms with Crippen LogP contribution in [0.4, 0.5) is 5.69 Å². The van der Waals surface area contributed by atoms with Gasteiger partial charge in [-0.05, 0) is 65.1 Å². The molecular formula is C17H17N5OS. The lowest BCUT2D eigenvalue weighted by molar-refractivity contribution is 0.102. The van der Waals surface area contributed by atoms with Gasteiger partial charge in [0.05, 0.1) is 5.69 Å². The molecule has 1 heterocycles. The molecule has 1 N–H and O–H groups in total. The summed E-state index contributed by atoms with van der Waals surface area (Å²) in [5.74, 6) is 0.819. The maximum atomic E-state index is 12.4. The van der Waals surface area contributed by atoms with E-state index in [2.05, 4.69) is 27.1 Å². The number of carbonyl (C=O) groups is 1. The van der Waals surface area contributed by atoms with Gasteiger partial charge in [-0.3, -0.25) is 4.79 Å². The molecule has 7 heteroatoms. The third-order valence-corrected chi connectivity index (χ3v) is 4.20. The van der Waals surface area contributed by atoms with Crippen LogP contribution in [0.1, 0.15) is 21.5 Å². The van der Waals surface area contributed by atoms with Crippen LogP contribution < -0.4 is 5.32 Å². The zero-order valence-electron chi connectivity index (χ0n) is 13.4. The van der Waals surface area contributed by atoms with E-state index in [1.54, 1.807) is 16.4 Å². The zero-order valence-corrected chi connectivity index (χ0v) is 14.2. The fraction of sp³-hybridized carbons (Fsp3) is 0.176. The van der Waals surface area contributed by atoms with E-state index in [0.29, 0.717) is 5.56 Å². The fourth-order valence-electron chi connectivity index (χ4n) is 2.38. The molecule has 6 nitrogen and oxygen atoms in total. The number of thioether (sulfide) groups is 1. The number of hydrogen-bond donors (Lipinski definition) is 1. The first-order valence-corrected chi connectivity index (χ1v) is 8.80. The molecule has 0 aliphatic heterocycles. The average molecular weight is 339 g/mol. The van der Waals surface area contributed by atoms with Crippen LogP contribution in [0, 0.1) is 6.92 Å². The Morgan fingerprint density at radius 1 is 1.21 bits per heavy atom. The van der Waals surface area contributed by atoms with Crippen LogP contribution in [-0.2, 0) is 5.75 Å². The Bertz CT molecular complexity index is 831. The number of aromatic nitrogens is 4. The Labute approximate surface area is 144 Å². The predicted octanol–water partition coefficient (Wildman–Crippen LogP) is 3.09. The largest absolute Gasteiger partial charge is 0.322 e.